The van der Waals surface area contributed by atoms with Gasteiger partial charge in [-0.1, -0.05) is 6.07 Å². The highest BCUT2D eigenvalue weighted by Gasteiger charge is 2.59. The van der Waals surface area contributed by atoms with Gasteiger partial charge in [0.15, 0.2) is 0 Å². The van der Waals surface area contributed by atoms with Crippen LogP contribution in [0.3, 0.4) is 0 Å². The lowest BCUT2D eigenvalue weighted by molar-refractivity contribution is -0.137. The van der Waals surface area contributed by atoms with Crippen molar-refractivity contribution < 1.29 is 15.0 Å². The van der Waals surface area contributed by atoms with Crippen LogP contribution in [0.4, 0.5) is 0 Å². The number of fused-ring (bicyclic) bond motifs is 1. The third-order valence-corrected chi connectivity index (χ3v) is 9.75. The molecule has 3 heterocycles. The number of hydrogen-bond acceptors (Lipinski definition) is 6. The van der Waals surface area contributed by atoms with Crippen molar-refractivity contribution in [2.24, 2.45) is 5.92 Å². The molecular weight excluding hydrogens is 458 g/mol. The highest BCUT2D eigenvalue weighted by Crippen LogP contribution is 2.53. The zero-order valence-corrected chi connectivity index (χ0v) is 22.1. The SMILES string of the molecule is Cc1cc(CCC(=O)N2CCC3(c4cc(O)ccc4C)CCN(CC4CC4)C(C)C3(O)CC2)ns1. The number of likely N-dealkylation sites (tertiary alicyclic amines) is 2. The molecule has 3 atom stereocenters. The van der Waals surface area contributed by atoms with E-state index < -0.39 is 11.0 Å². The van der Waals surface area contributed by atoms with Crippen LogP contribution < -0.4 is 0 Å². The third kappa shape index (κ3) is 4.63. The molecule has 5 rings (SSSR count). The minimum absolute atomic E-state index is 0.00775. The average molecular weight is 498 g/mol. The molecule has 3 aliphatic rings. The summed E-state index contributed by atoms with van der Waals surface area (Å²) in [6.45, 7) is 9.47. The van der Waals surface area contributed by atoms with Gasteiger partial charge in [-0.3, -0.25) is 9.69 Å². The lowest BCUT2D eigenvalue weighted by Gasteiger charge is -2.57. The molecule has 2 aliphatic heterocycles. The minimum atomic E-state index is -0.972. The second kappa shape index (κ2) is 9.49. The Morgan fingerprint density at radius 3 is 2.60 bits per heavy atom. The van der Waals surface area contributed by atoms with E-state index in [-0.39, 0.29) is 17.7 Å². The second-order valence-electron chi connectivity index (χ2n) is 11.2. The van der Waals surface area contributed by atoms with Gasteiger partial charge in [-0.05, 0) is 113 Å². The largest absolute Gasteiger partial charge is 0.508 e. The number of benzene rings is 1. The molecule has 0 spiro atoms. The van der Waals surface area contributed by atoms with E-state index in [4.69, 9.17) is 0 Å². The second-order valence-corrected chi connectivity index (χ2v) is 12.2. The molecule has 35 heavy (non-hydrogen) atoms. The summed E-state index contributed by atoms with van der Waals surface area (Å²) < 4.78 is 4.44. The molecule has 3 unspecified atom stereocenters. The average Bonchev–Trinajstić information content (AvgIpc) is 3.58. The highest BCUT2D eigenvalue weighted by molar-refractivity contribution is 7.05. The van der Waals surface area contributed by atoms with E-state index >= 15 is 0 Å². The maximum absolute atomic E-state index is 13.3. The van der Waals surface area contributed by atoms with Gasteiger partial charge in [0.05, 0.1) is 11.3 Å². The van der Waals surface area contributed by atoms with Gasteiger partial charge in [0.2, 0.25) is 5.91 Å². The van der Waals surface area contributed by atoms with E-state index in [0.29, 0.717) is 38.8 Å². The number of aryl methyl sites for hydroxylation is 3. The topological polar surface area (TPSA) is 76.9 Å². The Balaban J connectivity index is 1.43. The Labute approximate surface area is 213 Å². The zero-order chi connectivity index (χ0) is 24.8. The molecule has 1 aromatic heterocycles. The number of amides is 1. The van der Waals surface area contributed by atoms with Crippen LogP contribution in [0, 0.1) is 19.8 Å². The molecule has 7 heteroatoms. The molecule has 0 radical (unpaired) electrons. The maximum Gasteiger partial charge on any atom is 0.222 e. The fourth-order valence-electron chi connectivity index (χ4n) is 6.67. The molecular formula is C28H39N3O3S. The molecule has 6 nitrogen and oxygen atoms in total. The van der Waals surface area contributed by atoms with Crippen LogP contribution in [0.2, 0.25) is 0 Å². The van der Waals surface area contributed by atoms with Gasteiger partial charge < -0.3 is 15.1 Å². The number of phenolic OH excluding ortho intramolecular Hbond substituents is 1. The number of phenols is 1. The van der Waals surface area contributed by atoms with Gasteiger partial charge >= 0.3 is 0 Å². The van der Waals surface area contributed by atoms with Crippen molar-refractivity contribution in [2.45, 2.75) is 82.8 Å². The summed E-state index contributed by atoms with van der Waals surface area (Å²) in [6, 6.07) is 7.61. The predicted molar refractivity (Wildman–Crippen MR) is 139 cm³/mol. The number of aromatic nitrogens is 1. The van der Waals surface area contributed by atoms with Crippen molar-refractivity contribution in [3.8, 4) is 5.75 Å². The number of aromatic hydroxyl groups is 1. The maximum atomic E-state index is 13.3. The fraction of sp³-hybridized carbons (Fsp3) is 0.643. The first kappa shape index (κ1) is 24.7. The van der Waals surface area contributed by atoms with Crippen LogP contribution in [0.25, 0.3) is 0 Å². The highest BCUT2D eigenvalue weighted by atomic mass is 32.1. The van der Waals surface area contributed by atoms with Crippen LogP contribution in [0.1, 0.15) is 67.1 Å². The Morgan fingerprint density at radius 1 is 1.14 bits per heavy atom. The molecule has 2 saturated heterocycles. The first-order chi connectivity index (χ1) is 16.7. The lowest BCUT2D eigenvalue weighted by atomic mass is 9.57. The first-order valence-electron chi connectivity index (χ1n) is 13.2. The Morgan fingerprint density at radius 2 is 1.89 bits per heavy atom. The fourth-order valence-corrected chi connectivity index (χ4v) is 7.26. The summed E-state index contributed by atoms with van der Waals surface area (Å²) in [5, 5.41) is 23.0. The van der Waals surface area contributed by atoms with Crippen LogP contribution in [0.5, 0.6) is 5.75 Å². The summed E-state index contributed by atoms with van der Waals surface area (Å²) in [7, 11) is 0. The summed E-state index contributed by atoms with van der Waals surface area (Å²) in [5.41, 5.74) is 1.67. The smallest absolute Gasteiger partial charge is 0.222 e. The van der Waals surface area contributed by atoms with Crippen LogP contribution >= 0.6 is 11.5 Å². The van der Waals surface area contributed by atoms with Crippen molar-refractivity contribution >= 4 is 17.4 Å². The number of carbonyl (C=O) groups excluding carboxylic acids is 1. The summed E-state index contributed by atoms with van der Waals surface area (Å²) in [5.74, 6) is 1.14. The number of carbonyl (C=O) groups is 1. The van der Waals surface area contributed by atoms with Gasteiger partial charge in [0.25, 0.3) is 0 Å². The molecule has 2 aromatic rings. The van der Waals surface area contributed by atoms with E-state index in [0.717, 1.165) is 42.2 Å². The molecule has 1 amide bonds. The number of nitrogens with zero attached hydrogens (tertiary/aromatic N) is 3. The van der Waals surface area contributed by atoms with Crippen molar-refractivity contribution in [3.63, 3.8) is 0 Å². The normalized spacial score (nSPS) is 29.6. The molecule has 190 valence electrons. The van der Waals surface area contributed by atoms with E-state index in [1.807, 2.05) is 24.0 Å². The van der Waals surface area contributed by atoms with Crippen LogP contribution in [-0.2, 0) is 16.6 Å². The molecule has 1 saturated carbocycles. The van der Waals surface area contributed by atoms with Gasteiger partial charge in [0, 0.05) is 42.4 Å². The van der Waals surface area contributed by atoms with E-state index in [1.165, 1.54) is 29.3 Å². The molecule has 1 aromatic carbocycles. The lowest BCUT2D eigenvalue weighted by Crippen LogP contribution is -2.68. The van der Waals surface area contributed by atoms with Crippen LogP contribution in [-0.4, -0.2) is 68.1 Å². The number of piperidine rings is 1. The van der Waals surface area contributed by atoms with E-state index in [1.54, 1.807) is 6.07 Å². The van der Waals surface area contributed by atoms with Gasteiger partial charge in [-0.25, -0.2) is 0 Å². The zero-order valence-electron chi connectivity index (χ0n) is 21.3. The van der Waals surface area contributed by atoms with Gasteiger partial charge in [-0.15, -0.1) is 0 Å². The van der Waals surface area contributed by atoms with Crippen LogP contribution in [0.15, 0.2) is 24.3 Å². The van der Waals surface area contributed by atoms with Gasteiger partial charge in [-0.2, -0.15) is 4.37 Å². The Hall–Kier alpha value is -1.96. The standard InChI is InChI=1S/C28H39N3O3S/c1-19-4-8-24(32)17-25(19)27-10-13-30(26(33)9-7-23-16-20(2)35-29-23)15-12-28(27,34)21(3)31(14-11-27)18-22-5-6-22/h4,8,16-17,21-22,32,34H,5-7,9-15,18H2,1-3H3. The quantitative estimate of drug-likeness (QED) is 0.626. The van der Waals surface area contributed by atoms with Crippen molar-refractivity contribution in [2.75, 3.05) is 26.2 Å². The summed E-state index contributed by atoms with van der Waals surface area (Å²) >= 11 is 1.48. The molecule has 2 N–H and O–H groups in total. The Kier molecular flexibility index (Phi) is 6.70. The molecule has 1 aliphatic carbocycles. The Bertz CT molecular complexity index is 1080. The van der Waals surface area contributed by atoms with Crippen molar-refractivity contribution in [1.29, 1.82) is 0 Å². The minimum Gasteiger partial charge on any atom is -0.508 e. The monoisotopic (exact) mass is 497 g/mol. The van der Waals surface area contributed by atoms with Gasteiger partial charge in [0.1, 0.15) is 5.75 Å². The van der Waals surface area contributed by atoms with Crippen molar-refractivity contribution in [1.82, 2.24) is 14.2 Å². The molecule has 3 fully saturated rings. The third-order valence-electron chi connectivity index (χ3n) is 9.02. The van der Waals surface area contributed by atoms with E-state index in [2.05, 4.69) is 29.2 Å². The number of hydrogen-bond donors (Lipinski definition) is 2. The number of rotatable bonds is 6. The van der Waals surface area contributed by atoms with E-state index in [9.17, 15) is 15.0 Å². The number of aliphatic hydroxyl groups is 1. The summed E-state index contributed by atoms with van der Waals surface area (Å²) in [6.07, 6.45) is 5.78. The predicted octanol–water partition coefficient (Wildman–Crippen LogP) is 4.19. The molecule has 0 bridgehead atoms. The summed E-state index contributed by atoms with van der Waals surface area (Å²) in [4.78, 5) is 18.9. The first-order valence-corrected chi connectivity index (χ1v) is 14.0. The van der Waals surface area contributed by atoms with Crippen molar-refractivity contribution in [3.05, 3.63) is 46.0 Å².